The number of anilines is 1. The van der Waals surface area contributed by atoms with E-state index in [1.54, 1.807) is 19.4 Å². The van der Waals surface area contributed by atoms with Gasteiger partial charge >= 0.3 is 0 Å². The number of rotatable bonds is 6. The first-order chi connectivity index (χ1) is 15.0. The average Bonchev–Trinajstić information content (AvgIpc) is 3.62. The molecule has 170 valence electrons. The first-order valence-electron chi connectivity index (χ1n) is 10.7. The van der Waals surface area contributed by atoms with Crippen LogP contribution < -0.4 is 10.5 Å². The number of carbonyl (C=O) groups excluding carboxylic acids is 1. The van der Waals surface area contributed by atoms with Crippen molar-refractivity contribution in [1.82, 2.24) is 14.9 Å². The molecular weight excluding hydrogens is 406 g/mol. The van der Waals surface area contributed by atoms with Gasteiger partial charge < -0.3 is 19.5 Å². The van der Waals surface area contributed by atoms with Crippen molar-refractivity contribution in [3.63, 3.8) is 0 Å². The van der Waals surface area contributed by atoms with Gasteiger partial charge in [0.15, 0.2) is 0 Å². The van der Waals surface area contributed by atoms with Gasteiger partial charge in [0.05, 0.1) is 24.3 Å². The van der Waals surface area contributed by atoms with Crippen molar-refractivity contribution < 1.29 is 9.53 Å². The minimum Gasteiger partial charge on any atom is -0.384 e. The lowest BCUT2D eigenvalue weighted by atomic mass is 9.99. The van der Waals surface area contributed by atoms with Gasteiger partial charge in [0.25, 0.3) is 0 Å². The van der Waals surface area contributed by atoms with Crippen LogP contribution in [0.3, 0.4) is 0 Å². The fraction of sp³-hybridized carbons (Fsp3) is 0.500. The summed E-state index contributed by atoms with van der Waals surface area (Å²) >= 11 is 0. The van der Waals surface area contributed by atoms with Gasteiger partial charge in [-0.2, -0.15) is 5.26 Å². The second-order valence-corrected chi connectivity index (χ2v) is 8.24. The first kappa shape index (κ1) is 23.5. The summed E-state index contributed by atoms with van der Waals surface area (Å²) in [6, 6.07) is 7.57. The number of ether oxygens (including phenoxy) is 1. The van der Waals surface area contributed by atoms with Crippen molar-refractivity contribution in [1.29, 1.82) is 5.26 Å². The van der Waals surface area contributed by atoms with Crippen LogP contribution in [-0.4, -0.2) is 60.2 Å². The number of nitrogens with zero attached hydrogens (tertiary/aromatic N) is 4. The highest BCUT2D eigenvalue weighted by Crippen LogP contribution is 2.44. The molecule has 4 rings (SSSR count). The van der Waals surface area contributed by atoms with Gasteiger partial charge in [-0.05, 0) is 37.5 Å². The third-order valence-electron chi connectivity index (χ3n) is 5.97. The number of pyridine rings is 2. The molecule has 2 aromatic heterocycles. The van der Waals surface area contributed by atoms with E-state index in [4.69, 9.17) is 9.72 Å². The number of nitrogens with one attached hydrogen (secondary N) is 1. The van der Waals surface area contributed by atoms with Crippen molar-refractivity contribution in [2.45, 2.75) is 45.6 Å². The molecule has 1 amide bonds. The summed E-state index contributed by atoms with van der Waals surface area (Å²) in [5.41, 5.74) is 2.90. The van der Waals surface area contributed by atoms with E-state index < -0.39 is 0 Å². The molecule has 8 nitrogen and oxygen atoms in total. The number of carbonyl (C=O) groups is 1. The highest BCUT2D eigenvalue weighted by Gasteiger charge is 2.33. The molecule has 0 unspecified atom stereocenters. The van der Waals surface area contributed by atoms with Gasteiger partial charge in [0.1, 0.15) is 11.9 Å². The van der Waals surface area contributed by atoms with Gasteiger partial charge in [0, 0.05) is 56.5 Å². The zero-order chi connectivity index (χ0) is 22.0. The Labute approximate surface area is 188 Å². The Morgan fingerprint density at radius 3 is 2.75 bits per heavy atom. The summed E-state index contributed by atoms with van der Waals surface area (Å²) < 4.78 is 5.03. The molecule has 8 heteroatoms. The number of nitriles is 1. The van der Waals surface area contributed by atoms with Crippen molar-refractivity contribution in [2.75, 3.05) is 38.3 Å². The maximum absolute atomic E-state index is 12.4. The topological polar surface area (TPSA) is 102 Å². The van der Waals surface area contributed by atoms with E-state index in [-0.39, 0.29) is 24.9 Å². The average molecular weight is 438 g/mol. The summed E-state index contributed by atoms with van der Waals surface area (Å²) in [5.74, 6) is 1.12. The predicted molar refractivity (Wildman–Crippen MR) is 124 cm³/mol. The highest BCUT2D eigenvalue weighted by atomic mass is 16.5. The third-order valence-corrected chi connectivity index (χ3v) is 5.97. The van der Waals surface area contributed by atoms with Crippen LogP contribution in [0.1, 0.15) is 50.8 Å². The van der Waals surface area contributed by atoms with Gasteiger partial charge in [0.2, 0.25) is 11.5 Å². The molecule has 2 aliphatic rings. The minimum atomic E-state index is -0.176. The number of hydrogen-bond donors (Lipinski definition) is 1. The second kappa shape index (κ2) is 9.96. The van der Waals surface area contributed by atoms with E-state index in [0.717, 1.165) is 29.7 Å². The zero-order valence-corrected chi connectivity index (χ0v) is 17.9. The highest BCUT2D eigenvalue weighted by molar-refractivity contribution is 5.77. The number of aromatic amines is 1. The molecule has 1 N–H and O–H groups in total. The molecule has 0 aromatic carbocycles. The molecular formula is C24H31N5O3. The molecule has 2 aromatic rings. The Morgan fingerprint density at radius 2 is 2.12 bits per heavy atom. The lowest BCUT2D eigenvalue weighted by molar-refractivity contribution is -0.134. The van der Waals surface area contributed by atoms with Crippen molar-refractivity contribution in [2.24, 2.45) is 0 Å². The van der Waals surface area contributed by atoms with E-state index in [2.05, 4.69) is 16.0 Å². The summed E-state index contributed by atoms with van der Waals surface area (Å²) in [5, 5.41) is 9.86. The van der Waals surface area contributed by atoms with E-state index in [1.807, 2.05) is 24.0 Å². The molecule has 0 radical (unpaired) electrons. The smallest absolute Gasteiger partial charge is 0.248 e. The van der Waals surface area contributed by atoms with Crippen molar-refractivity contribution >= 4 is 11.7 Å². The van der Waals surface area contributed by atoms with Crippen LogP contribution in [0.25, 0.3) is 11.1 Å². The third kappa shape index (κ3) is 4.83. The number of piperazine rings is 1. The van der Waals surface area contributed by atoms with E-state index >= 15 is 0 Å². The number of methoxy groups -OCH3 is 1. The summed E-state index contributed by atoms with van der Waals surface area (Å²) in [6.45, 7) is 4.27. The largest absolute Gasteiger partial charge is 0.384 e. The normalized spacial score (nSPS) is 18.1. The number of aromatic nitrogens is 2. The molecule has 2 fully saturated rings. The Balaban J connectivity index is 0.00000289. The fourth-order valence-corrected chi connectivity index (χ4v) is 4.21. The van der Waals surface area contributed by atoms with E-state index in [1.165, 1.54) is 0 Å². The number of hydrogen-bond acceptors (Lipinski definition) is 6. The predicted octanol–water partition coefficient (Wildman–Crippen LogP) is 2.90. The molecule has 1 atom stereocenters. The molecule has 1 aliphatic carbocycles. The van der Waals surface area contributed by atoms with Crippen LogP contribution in [-0.2, 0) is 9.53 Å². The van der Waals surface area contributed by atoms with Crippen LogP contribution in [0.15, 0.2) is 29.2 Å². The standard InChI is InChI=1S/C23H27N5O3.CH4/c1-15-14-27(8-9-28(15)21(30)6-10-31-2)23-18(13-24)11-19(22(26-23)16-3-4-16)17-5-7-25-20(29)12-17;/h5,7,11-12,15-16H,3-4,6,8-10,14H2,1-2H3,(H,25,29);1H4/t15-;/m1./s1. The molecule has 3 heterocycles. The molecule has 0 spiro atoms. The van der Waals surface area contributed by atoms with Crippen molar-refractivity contribution in [3.05, 3.63) is 46.0 Å². The van der Waals surface area contributed by atoms with Crippen LogP contribution in [0.4, 0.5) is 5.82 Å². The van der Waals surface area contributed by atoms with Gasteiger partial charge in [-0.25, -0.2) is 4.98 Å². The van der Waals surface area contributed by atoms with Crippen molar-refractivity contribution in [3.8, 4) is 17.2 Å². The van der Waals surface area contributed by atoms with E-state index in [9.17, 15) is 14.9 Å². The number of amides is 1. The Hall–Kier alpha value is -3.18. The summed E-state index contributed by atoms with van der Waals surface area (Å²) in [7, 11) is 1.59. The van der Waals surface area contributed by atoms with Crippen LogP contribution in [0, 0.1) is 11.3 Å². The van der Waals surface area contributed by atoms with E-state index in [0.29, 0.717) is 50.0 Å². The molecule has 0 bridgehead atoms. The second-order valence-electron chi connectivity index (χ2n) is 8.24. The van der Waals surface area contributed by atoms with Crippen LogP contribution >= 0.6 is 0 Å². The van der Waals surface area contributed by atoms with Gasteiger partial charge in [-0.15, -0.1) is 0 Å². The maximum atomic E-state index is 12.4. The first-order valence-corrected chi connectivity index (χ1v) is 10.7. The molecule has 1 aliphatic heterocycles. The lowest BCUT2D eigenvalue weighted by Gasteiger charge is -2.41. The van der Waals surface area contributed by atoms with Crippen LogP contribution in [0.2, 0.25) is 0 Å². The monoisotopic (exact) mass is 437 g/mol. The van der Waals surface area contributed by atoms with Gasteiger partial charge in [-0.1, -0.05) is 7.43 Å². The molecule has 32 heavy (non-hydrogen) atoms. The summed E-state index contributed by atoms with van der Waals surface area (Å²) in [4.78, 5) is 35.9. The Bertz CT molecular complexity index is 1070. The zero-order valence-electron chi connectivity index (χ0n) is 17.9. The summed E-state index contributed by atoms with van der Waals surface area (Å²) in [6.07, 6.45) is 4.12. The number of H-pyrrole nitrogens is 1. The lowest BCUT2D eigenvalue weighted by Crippen LogP contribution is -2.54. The quantitative estimate of drug-likeness (QED) is 0.746. The molecule has 1 saturated heterocycles. The van der Waals surface area contributed by atoms with Gasteiger partial charge in [-0.3, -0.25) is 9.59 Å². The Morgan fingerprint density at radius 1 is 1.34 bits per heavy atom. The molecule has 1 saturated carbocycles. The van der Waals surface area contributed by atoms with Crippen LogP contribution in [0.5, 0.6) is 0 Å². The Kier molecular flexibility index (Phi) is 7.31. The maximum Gasteiger partial charge on any atom is 0.248 e. The fourth-order valence-electron chi connectivity index (χ4n) is 4.21. The minimum absolute atomic E-state index is 0. The SMILES string of the molecule is C.COCCC(=O)N1CCN(c2nc(C3CC3)c(-c3cc[nH]c(=O)c3)cc2C#N)C[C@H]1C.